The standard InChI is InChI=1S/C25H28N2O3/c1-27(2)23(20-11-5-3-6-12-20)19-26-25(28)22-15-9-10-16-24(22)30-18-17-29-21-13-7-4-8-14-21/h3-16,23H,17-19H2,1-2H3,(H,26,28). The molecule has 3 aromatic carbocycles. The zero-order valence-corrected chi connectivity index (χ0v) is 17.5. The molecule has 0 heterocycles. The Labute approximate surface area is 178 Å². The summed E-state index contributed by atoms with van der Waals surface area (Å²) in [6, 6.07) is 27.1. The third kappa shape index (κ3) is 6.09. The molecule has 0 aromatic heterocycles. The van der Waals surface area contributed by atoms with E-state index < -0.39 is 0 Å². The van der Waals surface area contributed by atoms with Gasteiger partial charge in [-0.2, -0.15) is 0 Å². The first-order chi connectivity index (χ1) is 14.6. The summed E-state index contributed by atoms with van der Waals surface area (Å²) in [5, 5.41) is 3.04. The van der Waals surface area contributed by atoms with E-state index >= 15 is 0 Å². The summed E-state index contributed by atoms with van der Waals surface area (Å²) in [6.45, 7) is 1.25. The lowest BCUT2D eigenvalue weighted by Gasteiger charge is -2.25. The SMILES string of the molecule is CN(C)C(CNC(=O)c1ccccc1OCCOc1ccccc1)c1ccccc1. The van der Waals surface area contributed by atoms with Crippen LogP contribution in [-0.4, -0.2) is 44.7 Å². The minimum atomic E-state index is -0.155. The highest BCUT2D eigenvalue weighted by atomic mass is 16.5. The Hall–Kier alpha value is -3.31. The predicted octanol–water partition coefficient (Wildman–Crippen LogP) is 4.18. The van der Waals surface area contributed by atoms with E-state index in [2.05, 4.69) is 22.3 Å². The van der Waals surface area contributed by atoms with Gasteiger partial charge in [0.2, 0.25) is 0 Å². The van der Waals surface area contributed by atoms with Gasteiger partial charge < -0.3 is 19.7 Å². The number of benzene rings is 3. The van der Waals surface area contributed by atoms with E-state index in [-0.39, 0.29) is 11.9 Å². The van der Waals surface area contributed by atoms with Crippen molar-refractivity contribution in [2.24, 2.45) is 0 Å². The molecule has 5 heteroatoms. The highest BCUT2D eigenvalue weighted by Gasteiger charge is 2.17. The Kier molecular flexibility index (Phi) is 7.86. The highest BCUT2D eigenvalue weighted by molar-refractivity contribution is 5.96. The van der Waals surface area contributed by atoms with Crippen molar-refractivity contribution in [2.75, 3.05) is 33.9 Å². The quantitative estimate of drug-likeness (QED) is 0.515. The Morgan fingerprint density at radius 1 is 0.833 bits per heavy atom. The highest BCUT2D eigenvalue weighted by Crippen LogP contribution is 2.20. The van der Waals surface area contributed by atoms with E-state index in [0.29, 0.717) is 31.1 Å². The van der Waals surface area contributed by atoms with E-state index in [4.69, 9.17) is 9.47 Å². The zero-order valence-electron chi connectivity index (χ0n) is 17.5. The summed E-state index contributed by atoms with van der Waals surface area (Å²) in [6.07, 6.45) is 0. The van der Waals surface area contributed by atoms with Gasteiger partial charge in [-0.15, -0.1) is 0 Å². The largest absolute Gasteiger partial charge is 0.490 e. The van der Waals surface area contributed by atoms with E-state index in [1.807, 2.05) is 74.8 Å². The van der Waals surface area contributed by atoms with Crippen molar-refractivity contribution in [1.29, 1.82) is 0 Å². The maximum Gasteiger partial charge on any atom is 0.255 e. The zero-order chi connectivity index (χ0) is 21.2. The molecule has 5 nitrogen and oxygen atoms in total. The first kappa shape index (κ1) is 21.4. The molecule has 1 unspecified atom stereocenters. The van der Waals surface area contributed by atoms with Crippen LogP contribution in [0, 0.1) is 0 Å². The van der Waals surface area contributed by atoms with Crippen molar-refractivity contribution < 1.29 is 14.3 Å². The van der Waals surface area contributed by atoms with Crippen LogP contribution in [0.15, 0.2) is 84.9 Å². The fraction of sp³-hybridized carbons (Fsp3) is 0.240. The van der Waals surface area contributed by atoms with Crippen molar-refractivity contribution in [1.82, 2.24) is 10.2 Å². The minimum Gasteiger partial charge on any atom is -0.490 e. The number of nitrogens with zero attached hydrogens (tertiary/aromatic N) is 1. The topological polar surface area (TPSA) is 50.8 Å². The van der Waals surface area contributed by atoms with Crippen molar-refractivity contribution in [3.8, 4) is 11.5 Å². The third-order valence-electron chi connectivity index (χ3n) is 4.75. The van der Waals surface area contributed by atoms with Crippen LogP contribution in [-0.2, 0) is 0 Å². The van der Waals surface area contributed by atoms with Gasteiger partial charge in [-0.1, -0.05) is 60.7 Å². The van der Waals surface area contributed by atoms with Crippen LogP contribution < -0.4 is 14.8 Å². The Morgan fingerprint density at radius 3 is 2.13 bits per heavy atom. The van der Waals surface area contributed by atoms with Crippen molar-refractivity contribution >= 4 is 5.91 Å². The molecule has 30 heavy (non-hydrogen) atoms. The summed E-state index contributed by atoms with van der Waals surface area (Å²) in [7, 11) is 4.02. The van der Waals surface area contributed by atoms with E-state index in [0.717, 1.165) is 11.3 Å². The van der Waals surface area contributed by atoms with Crippen LogP contribution in [0.3, 0.4) is 0 Å². The average Bonchev–Trinajstić information content (AvgIpc) is 2.78. The molecule has 3 aromatic rings. The molecule has 0 aliphatic heterocycles. The molecule has 156 valence electrons. The van der Waals surface area contributed by atoms with Gasteiger partial charge in [0.15, 0.2) is 0 Å². The Balaban J connectivity index is 1.56. The molecule has 1 amide bonds. The molecular formula is C25H28N2O3. The molecule has 1 atom stereocenters. The first-order valence-corrected chi connectivity index (χ1v) is 10.0. The minimum absolute atomic E-state index is 0.0857. The maximum absolute atomic E-state index is 12.8. The number of rotatable bonds is 10. The number of amides is 1. The molecule has 0 spiro atoms. The van der Waals surface area contributed by atoms with Gasteiger partial charge >= 0.3 is 0 Å². The summed E-state index contributed by atoms with van der Waals surface area (Å²) >= 11 is 0. The molecule has 0 aliphatic carbocycles. The molecule has 0 aliphatic rings. The molecular weight excluding hydrogens is 376 g/mol. The van der Waals surface area contributed by atoms with Gasteiger partial charge in [0.1, 0.15) is 24.7 Å². The fourth-order valence-electron chi connectivity index (χ4n) is 3.17. The number of carbonyl (C=O) groups excluding carboxylic acids is 1. The number of carbonyl (C=O) groups is 1. The average molecular weight is 405 g/mol. The molecule has 0 radical (unpaired) electrons. The monoisotopic (exact) mass is 404 g/mol. The number of hydrogen-bond donors (Lipinski definition) is 1. The molecule has 0 bridgehead atoms. The van der Waals surface area contributed by atoms with Crippen LogP contribution in [0.4, 0.5) is 0 Å². The number of nitrogens with one attached hydrogen (secondary N) is 1. The van der Waals surface area contributed by atoms with Crippen LogP contribution in [0.1, 0.15) is 22.0 Å². The van der Waals surface area contributed by atoms with Crippen LogP contribution in [0.2, 0.25) is 0 Å². The van der Waals surface area contributed by atoms with Crippen molar-refractivity contribution in [2.45, 2.75) is 6.04 Å². The van der Waals surface area contributed by atoms with E-state index in [1.165, 1.54) is 0 Å². The van der Waals surface area contributed by atoms with Crippen LogP contribution in [0.25, 0.3) is 0 Å². The van der Waals surface area contributed by atoms with E-state index in [9.17, 15) is 4.79 Å². The molecule has 1 N–H and O–H groups in total. The van der Waals surface area contributed by atoms with Gasteiger partial charge in [0.25, 0.3) is 5.91 Å². The van der Waals surface area contributed by atoms with Gasteiger partial charge in [0, 0.05) is 6.54 Å². The summed E-state index contributed by atoms with van der Waals surface area (Å²) in [4.78, 5) is 14.9. The number of likely N-dealkylation sites (N-methyl/N-ethyl adjacent to an activating group) is 1. The molecule has 0 saturated carbocycles. The number of para-hydroxylation sites is 2. The Bertz CT molecular complexity index is 914. The molecule has 3 rings (SSSR count). The fourth-order valence-corrected chi connectivity index (χ4v) is 3.17. The lowest BCUT2D eigenvalue weighted by molar-refractivity contribution is 0.0936. The van der Waals surface area contributed by atoms with Crippen molar-refractivity contribution in [3.63, 3.8) is 0 Å². The summed E-state index contributed by atoms with van der Waals surface area (Å²) in [5.74, 6) is 1.19. The maximum atomic E-state index is 12.8. The second kappa shape index (κ2) is 11.0. The Morgan fingerprint density at radius 2 is 1.43 bits per heavy atom. The second-order valence-electron chi connectivity index (χ2n) is 7.11. The number of hydrogen-bond acceptors (Lipinski definition) is 4. The normalized spacial score (nSPS) is 11.7. The van der Waals surface area contributed by atoms with Gasteiger partial charge in [-0.05, 0) is 43.9 Å². The summed E-state index contributed by atoms with van der Waals surface area (Å²) < 4.78 is 11.5. The number of ether oxygens (including phenoxy) is 2. The van der Waals surface area contributed by atoms with Gasteiger partial charge in [0.05, 0.1) is 11.6 Å². The second-order valence-corrected chi connectivity index (χ2v) is 7.11. The molecule has 0 saturated heterocycles. The lowest BCUT2D eigenvalue weighted by atomic mass is 10.1. The third-order valence-corrected chi connectivity index (χ3v) is 4.75. The van der Waals surface area contributed by atoms with Gasteiger partial charge in [-0.3, -0.25) is 4.79 Å². The van der Waals surface area contributed by atoms with Crippen LogP contribution in [0.5, 0.6) is 11.5 Å². The summed E-state index contributed by atoms with van der Waals surface area (Å²) in [5.41, 5.74) is 1.67. The first-order valence-electron chi connectivity index (χ1n) is 10.0. The van der Waals surface area contributed by atoms with Crippen LogP contribution >= 0.6 is 0 Å². The molecule has 0 fully saturated rings. The lowest BCUT2D eigenvalue weighted by Crippen LogP contribution is -2.34. The predicted molar refractivity (Wildman–Crippen MR) is 119 cm³/mol. The van der Waals surface area contributed by atoms with Crippen molar-refractivity contribution in [3.05, 3.63) is 96.1 Å². The smallest absolute Gasteiger partial charge is 0.255 e. The van der Waals surface area contributed by atoms with E-state index in [1.54, 1.807) is 12.1 Å². The van der Waals surface area contributed by atoms with Gasteiger partial charge in [-0.25, -0.2) is 0 Å².